The quantitative estimate of drug-likeness (QED) is 0.144. The fourth-order valence-electron chi connectivity index (χ4n) is 4.82. The molecule has 184 valence electrons. The highest BCUT2D eigenvalue weighted by Gasteiger charge is 2.23. The lowest BCUT2D eigenvalue weighted by Crippen LogP contribution is -2.33. The Labute approximate surface area is 193 Å². The average molecular weight is 441 g/mol. The molecule has 1 rings (SSSR count). The van der Waals surface area contributed by atoms with E-state index in [0.717, 1.165) is 38.2 Å². The van der Waals surface area contributed by atoms with E-state index in [1.165, 1.54) is 97.0 Å². The summed E-state index contributed by atoms with van der Waals surface area (Å²) in [5, 5.41) is 0. The molecule has 0 spiro atoms. The summed E-state index contributed by atoms with van der Waals surface area (Å²) in [6, 6.07) is 0. The van der Waals surface area contributed by atoms with Crippen molar-refractivity contribution in [2.75, 3.05) is 20.8 Å². The molecule has 4 heteroatoms. The van der Waals surface area contributed by atoms with Gasteiger partial charge in [-0.05, 0) is 38.0 Å². The third-order valence-corrected chi connectivity index (χ3v) is 6.93. The van der Waals surface area contributed by atoms with Gasteiger partial charge in [0.2, 0.25) is 0 Å². The molecular formula is C27H52O4. The molecule has 0 bridgehead atoms. The van der Waals surface area contributed by atoms with Gasteiger partial charge in [0.1, 0.15) is 0 Å². The number of ether oxygens (including phenoxy) is 3. The van der Waals surface area contributed by atoms with Crippen LogP contribution in [0.5, 0.6) is 0 Å². The Morgan fingerprint density at radius 2 is 1.35 bits per heavy atom. The molecule has 1 aliphatic carbocycles. The lowest BCUT2D eigenvalue weighted by atomic mass is 9.90. The van der Waals surface area contributed by atoms with E-state index >= 15 is 0 Å². The summed E-state index contributed by atoms with van der Waals surface area (Å²) < 4.78 is 17.2. The molecule has 2 atom stereocenters. The SMILES string of the molecule is CCCCCCCCC(OC)C(CCCCCCCC(=O)OC)OCC1CCCCC1. The fraction of sp³-hybridized carbons (Fsp3) is 0.963. The van der Waals surface area contributed by atoms with Crippen LogP contribution in [0, 0.1) is 5.92 Å². The second-order valence-electron chi connectivity index (χ2n) is 9.59. The van der Waals surface area contributed by atoms with Gasteiger partial charge in [-0.25, -0.2) is 0 Å². The Kier molecular flexibility index (Phi) is 18.4. The fourth-order valence-corrected chi connectivity index (χ4v) is 4.82. The summed E-state index contributed by atoms with van der Waals surface area (Å²) in [4.78, 5) is 11.2. The lowest BCUT2D eigenvalue weighted by molar-refractivity contribution is -0.140. The molecule has 0 saturated heterocycles. The highest BCUT2D eigenvalue weighted by Crippen LogP contribution is 2.26. The zero-order chi connectivity index (χ0) is 22.6. The van der Waals surface area contributed by atoms with Crippen LogP contribution in [0.4, 0.5) is 0 Å². The van der Waals surface area contributed by atoms with Crippen LogP contribution < -0.4 is 0 Å². The van der Waals surface area contributed by atoms with E-state index in [2.05, 4.69) is 6.92 Å². The Morgan fingerprint density at radius 1 is 0.774 bits per heavy atom. The van der Waals surface area contributed by atoms with Gasteiger partial charge in [0.25, 0.3) is 0 Å². The van der Waals surface area contributed by atoms with E-state index in [9.17, 15) is 4.79 Å². The van der Waals surface area contributed by atoms with Gasteiger partial charge in [-0.3, -0.25) is 4.79 Å². The van der Waals surface area contributed by atoms with Crippen LogP contribution in [0.25, 0.3) is 0 Å². The summed E-state index contributed by atoms with van der Waals surface area (Å²) in [6.45, 7) is 3.19. The first-order valence-corrected chi connectivity index (χ1v) is 13.4. The number of rotatable bonds is 20. The molecule has 0 aromatic carbocycles. The zero-order valence-corrected chi connectivity index (χ0v) is 21.0. The third-order valence-electron chi connectivity index (χ3n) is 6.93. The van der Waals surface area contributed by atoms with E-state index < -0.39 is 0 Å². The van der Waals surface area contributed by atoms with E-state index in [1.807, 2.05) is 7.11 Å². The normalized spacial score (nSPS) is 16.9. The number of carbonyl (C=O) groups excluding carboxylic acids is 1. The molecule has 0 radical (unpaired) electrons. The topological polar surface area (TPSA) is 44.8 Å². The summed E-state index contributed by atoms with van der Waals surface area (Å²) in [5.74, 6) is 0.662. The van der Waals surface area contributed by atoms with Crippen molar-refractivity contribution in [3.8, 4) is 0 Å². The number of esters is 1. The maximum atomic E-state index is 11.2. The van der Waals surface area contributed by atoms with Crippen molar-refractivity contribution in [1.29, 1.82) is 0 Å². The highest BCUT2D eigenvalue weighted by atomic mass is 16.5. The Bertz CT molecular complexity index is 406. The molecule has 0 amide bonds. The smallest absolute Gasteiger partial charge is 0.305 e. The molecule has 1 saturated carbocycles. The predicted octanol–water partition coefficient (Wildman–Crippen LogP) is 7.62. The van der Waals surface area contributed by atoms with E-state index in [0.29, 0.717) is 6.42 Å². The van der Waals surface area contributed by atoms with Crippen molar-refractivity contribution in [3.63, 3.8) is 0 Å². The average Bonchev–Trinajstić information content (AvgIpc) is 2.80. The molecule has 4 nitrogen and oxygen atoms in total. The second kappa shape index (κ2) is 20.0. The van der Waals surface area contributed by atoms with Crippen LogP contribution in [0.15, 0.2) is 0 Å². The molecule has 0 N–H and O–H groups in total. The summed E-state index contributed by atoms with van der Waals surface area (Å²) in [7, 11) is 3.33. The van der Waals surface area contributed by atoms with Gasteiger partial charge in [0, 0.05) is 20.1 Å². The number of hydrogen-bond donors (Lipinski definition) is 0. The summed E-state index contributed by atoms with van der Waals surface area (Å²) in [6.07, 6.45) is 23.6. The number of unbranched alkanes of at least 4 members (excludes halogenated alkanes) is 9. The zero-order valence-electron chi connectivity index (χ0n) is 21.0. The Balaban J connectivity index is 2.34. The van der Waals surface area contributed by atoms with Gasteiger partial charge in [-0.2, -0.15) is 0 Å². The maximum absolute atomic E-state index is 11.2. The second-order valence-corrected chi connectivity index (χ2v) is 9.59. The van der Waals surface area contributed by atoms with Crippen molar-refractivity contribution in [2.45, 2.75) is 141 Å². The van der Waals surface area contributed by atoms with Crippen molar-refractivity contribution >= 4 is 5.97 Å². The molecule has 2 unspecified atom stereocenters. The predicted molar refractivity (Wildman–Crippen MR) is 129 cm³/mol. The monoisotopic (exact) mass is 440 g/mol. The summed E-state index contributed by atoms with van der Waals surface area (Å²) >= 11 is 0. The van der Waals surface area contributed by atoms with Gasteiger partial charge >= 0.3 is 5.97 Å². The highest BCUT2D eigenvalue weighted by molar-refractivity contribution is 5.68. The molecule has 1 fully saturated rings. The van der Waals surface area contributed by atoms with E-state index in [-0.39, 0.29) is 18.2 Å². The molecule has 31 heavy (non-hydrogen) atoms. The minimum atomic E-state index is -0.0891. The maximum Gasteiger partial charge on any atom is 0.305 e. The lowest BCUT2D eigenvalue weighted by Gasteiger charge is -2.29. The van der Waals surface area contributed by atoms with Crippen LogP contribution in [-0.4, -0.2) is 39.0 Å². The molecule has 0 aromatic heterocycles. The third kappa shape index (κ3) is 15.0. The first-order chi connectivity index (χ1) is 15.2. The molecule has 0 heterocycles. The first kappa shape index (κ1) is 28.4. The first-order valence-electron chi connectivity index (χ1n) is 13.4. The minimum Gasteiger partial charge on any atom is -0.469 e. The van der Waals surface area contributed by atoms with Crippen LogP contribution in [0.2, 0.25) is 0 Å². The summed E-state index contributed by atoms with van der Waals surface area (Å²) in [5.41, 5.74) is 0. The Morgan fingerprint density at radius 3 is 1.97 bits per heavy atom. The minimum absolute atomic E-state index is 0.0891. The van der Waals surface area contributed by atoms with Gasteiger partial charge in [0.15, 0.2) is 0 Å². The van der Waals surface area contributed by atoms with Crippen molar-refractivity contribution in [2.24, 2.45) is 5.92 Å². The van der Waals surface area contributed by atoms with Gasteiger partial charge in [0.05, 0.1) is 19.3 Å². The largest absolute Gasteiger partial charge is 0.469 e. The van der Waals surface area contributed by atoms with Crippen molar-refractivity contribution in [1.82, 2.24) is 0 Å². The molecule has 0 aromatic rings. The van der Waals surface area contributed by atoms with Crippen LogP contribution >= 0.6 is 0 Å². The van der Waals surface area contributed by atoms with Crippen molar-refractivity contribution in [3.05, 3.63) is 0 Å². The van der Waals surface area contributed by atoms with Gasteiger partial charge in [-0.1, -0.05) is 90.4 Å². The number of carbonyl (C=O) groups is 1. The van der Waals surface area contributed by atoms with Crippen LogP contribution in [0.1, 0.15) is 129 Å². The Hall–Kier alpha value is -0.610. The number of methoxy groups -OCH3 is 2. The number of hydrogen-bond acceptors (Lipinski definition) is 4. The molecule has 0 aliphatic heterocycles. The van der Waals surface area contributed by atoms with Gasteiger partial charge in [-0.15, -0.1) is 0 Å². The van der Waals surface area contributed by atoms with Gasteiger partial charge < -0.3 is 14.2 Å². The van der Waals surface area contributed by atoms with E-state index in [4.69, 9.17) is 14.2 Å². The molecule has 1 aliphatic rings. The van der Waals surface area contributed by atoms with E-state index in [1.54, 1.807) is 0 Å². The molecular weight excluding hydrogens is 388 g/mol. The van der Waals surface area contributed by atoms with Crippen LogP contribution in [-0.2, 0) is 19.0 Å². The van der Waals surface area contributed by atoms with Crippen LogP contribution in [0.3, 0.4) is 0 Å². The standard InChI is InChI=1S/C27H52O4/c1-4-5-6-7-9-15-20-25(29-2)26(31-23-24-18-13-12-14-19-24)21-16-10-8-11-17-22-27(28)30-3/h24-26H,4-23H2,1-3H3. The van der Waals surface area contributed by atoms with Crippen molar-refractivity contribution < 1.29 is 19.0 Å².